The van der Waals surface area contributed by atoms with Gasteiger partial charge in [-0.3, -0.25) is 9.11 Å². The quantitative estimate of drug-likeness (QED) is 0.262. The summed E-state index contributed by atoms with van der Waals surface area (Å²) in [5, 5.41) is 8.74. The predicted octanol–water partition coefficient (Wildman–Crippen LogP) is 2.83. The molecule has 11 nitrogen and oxygen atoms in total. The number of rotatable bonds is 5. The van der Waals surface area contributed by atoms with Crippen LogP contribution in [0.15, 0.2) is 56.4 Å². The third-order valence-electron chi connectivity index (χ3n) is 4.76. The highest BCUT2D eigenvalue weighted by Crippen LogP contribution is 2.23. The molecule has 0 saturated heterocycles. The second-order valence-corrected chi connectivity index (χ2v) is 11.5. The van der Waals surface area contributed by atoms with Gasteiger partial charge in [-0.2, -0.15) is 16.8 Å². The standard InChI is InChI=1S/C18H18N4O6S4.H3N/c1-3-21-13-7-5-11(31(23,24)25)9-15(13)29-17(21)19-20-18-22(4-2)14-8-6-12(32(26,27)28)10-16(14)30-18;/h5-10H,3-4H2,1-2H3,(H,23,24,25)(H,26,27,28);1H3/b19-17+,20-18+;. The Kier molecular flexibility index (Phi) is 6.95. The first kappa shape index (κ1) is 25.2. The summed E-state index contributed by atoms with van der Waals surface area (Å²) >= 11 is 2.47. The maximum Gasteiger partial charge on any atom is 0.294 e. The fraction of sp³-hybridized carbons (Fsp3) is 0.222. The maximum absolute atomic E-state index is 11.4. The van der Waals surface area contributed by atoms with Crippen molar-refractivity contribution in [1.29, 1.82) is 0 Å². The van der Waals surface area contributed by atoms with E-state index >= 15 is 0 Å². The van der Waals surface area contributed by atoms with Crippen molar-refractivity contribution in [2.45, 2.75) is 36.7 Å². The summed E-state index contributed by atoms with van der Waals surface area (Å²) in [6.07, 6.45) is 0. The first-order valence-electron chi connectivity index (χ1n) is 9.32. The Morgan fingerprint density at radius 1 is 0.758 bits per heavy atom. The fourth-order valence-electron chi connectivity index (χ4n) is 3.28. The van der Waals surface area contributed by atoms with E-state index in [9.17, 15) is 25.9 Å². The van der Waals surface area contributed by atoms with E-state index in [1.165, 1.54) is 46.9 Å². The molecule has 33 heavy (non-hydrogen) atoms. The van der Waals surface area contributed by atoms with Gasteiger partial charge in [-0.25, -0.2) is 0 Å². The molecule has 0 unspecified atom stereocenters. The molecule has 0 aliphatic rings. The molecule has 2 aromatic carbocycles. The number of hydrogen-bond donors (Lipinski definition) is 3. The van der Waals surface area contributed by atoms with Crippen LogP contribution in [0.4, 0.5) is 0 Å². The predicted molar refractivity (Wildman–Crippen MR) is 127 cm³/mol. The van der Waals surface area contributed by atoms with Crippen LogP contribution in [0.2, 0.25) is 0 Å². The molecule has 0 atom stereocenters. The molecule has 5 N–H and O–H groups in total. The Morgan fingerprint density at radius 3 is 1.42 bits per heavy atom. The Morgan fingerprint density at radius 2 is 1.12 bits per heavy atom. The first-order valence-corrected chi connectivity index (χ1v) is 13.8. The van der Waals surface area contributed by atoms with Gasteiger partial charge in [-0.05, 0) is 50.2 Å². The topological polar surface area (TPSA) is 178 Å². The van der Waals surface area contributed by atoms with E-state index in [0.717, 1.165) is 11.0 Å². The minimum atomic E-state index is -4.32. The van der Waals surface area contributed by atoms with Gasteiger partial charge in [0.2, 0.25) is 9.60 Å². The van der Waals surface area contributed by atoms with Crippen LogP contribution in [-0.2, 0) is 33.3 Å². The van der Waals surface area contributed by atoms with Gasteiger partial charge in [-0.1, -0.05) is 22.7 Å². The van der Waals surface area contributed by atoms with Crippen molar-refractivity contribution in [2.24, 2.45) is 10.2 Å². The molecule has 0 amide bonds. The van der Waals surface area contributed by atoms with Crippen LogP contribution in [0.3, 0.4) is 0 Å². The van der Waals surface area contributed by atoms with Gasteiger partial charge in [0.05, 0.1) is 30.2 Å². The molecule has 2 heterocycles. The number of hydrogen-bond acceptors (Lipinski definition) is 9. The van der Waals surface area contributed by atoms with Crippen molar-refractivity contribution in [3.8, 4) is 0 Å². The highest BCUT2D eigenvalue weighted by atomic mass is 32.2. The highest BCUT2D eigenvalue weighted by Gasteiger charge is 2.14. The lowest BCUT2D eigenvalue weighted by molar-refractivity contribution is 0.481. The zero-order valence-corrected chi connectivity index (χ0v) is 20.8. The maximum atomic E-state index is 11.4. The monoisotopic (exact) mass is 531 g/mol. The Labute approximate surface area is 197 Å². The lowest BCUT2D eigenvalue weighted by Crippen LogP contribution is -2.16. The van der Waals surface area contributed by atoms with Crippen molar-refractivity contribution in [2.75, 3.05) is 0 Å². The van der Waals surface area contributed by atoms with E-state index in [2.05, 4.69) is 10.2 Å². The van der Waals surface area contributed by atoms with Gasteiger partial charge in [0.15, 0.2) is 0 Å². The highest BCUT2D eigenvalue weighted by molar-refractivity contribution is 7.86. The molecule has 0 aliphatic carbocycles. The molecular weight excluding hydrogens is 510 g/mol. The second kappa shape index (κ2) is 9.09. The molecule has 4 aromatic rings. The summed E-state index contributed by atoms with van der Waals surface area (Å²) in [4.78, 5) is 0.685. The van der Waals surface area contributed by atoms with E-state index in [1.54, 1.807) is 12.1 Å². The van der Waals surface area contributed by atoms with Gasteiger partial charge in [-0.15, -0.1) is 10.2 Å². The lowest BCUT2D eigenvalue weighted by atomic mass is 10.3. The molecule has 0 fully saturated rings. The summed E-state index contributed by atoms with van der Waals surface area (Å²) in [6, 6.07) is 8.68. The number of aromatic nitrogens is 2. The van der Waals surface area contributed by atoms with E-state index < -0.39 is 20.2 Å². The summed E-state index contributed by atoms with van der Waals surface area (Å²) in [6.45, 7) is 4.98. The normalized spacial score (nSPS) is 13.7. The number of fused-ring (bicyclic) bond motifs is 2. The van der Waals surface area contributed by atoms with Crippen LogP contribution < -0.4 is 15.8 Å². The van der Waals surface area contributed by atoms with E-state index in [-0.39, 0.29) is 15.9 Å². The van der Waals surface area contributed by atoms with Crippen molar-refractivity contribution in [1.82, 2.24) is 15.3 Å². The molecule has 0 spiro atoms. The van der Waals surface area contributed by atoms with Gasteiger partial charge in [0.1, 0.15) is 0 Å². The van der Waals surface area contributed by atoms with E-state index in [1.807, 2.05) is 23.0 Å². The first-order chi connectivity index (χ1) is 15.0. The van der Waals surface area contributed by atoms with Crippen molar-refractivity contribution < 1.29 is 25.9 Å². The van der Waals surface area contributed by atoms with Crippen molar-refractivity contribution >= 4 is 63.3 Å². The molecule has 2 aromatic heterocycles. The van der Waals surface area contributed by atoms with Crippen LogP contribution in [0.5, 0.6) is 0 Å². The molecule has 0 bridgehead atoms. The molecule has 15 heteroatoms. The minimum Gasteiger partial charge on any atom is -0.344 e. The summed E-state index contributed by atoms with van der Waals surface area (Å²) < 4.78 is 69.4. The van der Waals surface area contributed by atoms with E-state index in [0.29, 0.717) is 32.1 Å². The fourth-order valence-corrected chi connectivity index (χ4v) is 6.61. The average molecular weight is 532 g/mol. The number of nitrogens with zero attached hydrogens (tertiary/aromatic N) is 4. The molecule has 0 saturated carbocycles. The largest absolute Gasteiger partial charge is 0.344 e. The van der Waals surface area contributed by atoms with Crippen LogP contribution in [-0.4, -0.2) is 35.1 Å². The van der Waals surface area contributed by atoms with Crippen LogP contribution in [0.25, 0.3) is 20.4 Å². The molecule has 0 aliphatic heterocycles. The lowest BCUT2D eigenvalue weighted by Gasteiger charge is -2.01. The van der Waals surface area contributed by atoms with E-state index in [4.69, 9.17) is 0 Å². The summed E-state index contributed by atoms with van der Waals surface area (Å²) in [5.41, 5.74) is 1.52. The summed E-state index contributed by atoms with van der Waals surface area (Å²) in [5.74, 6) is 0. The Balaban J connectivity index is 0.00000306. The van der Waals surface area contributed by atoms with Gasteiger partial charge < -0.3 is 15.3 Å². The average Bonchev–Trinajstić information content (AvgIpc) is 3.26. The number of benzene rings is 2. The molecule has 4 rings (SSSR count). The van der Waals surface area contributed by atoms with Crippen molar-refractivity contribution in [3.05, 3.63) is 46.0 Å². The van der Waals surface area contributed by atoms with Gasteiger partial charge in [0.25, 0.3) is 20.2 Å². The van der Waals surface area contributed by atoms with Crippen LogP contribution >= 0.6 is 22.7 Å². The van der Waals surface area contributed by atoms with Gasteiger partial charge in [0, 0.05) is 13.1 Å². The third-order valence-corrected chi connectivity index (χ3v) is 8.52. The van der Waals surface area contributed by atoms with Crippen molar-refractivity contribution in [3.63, 3.8) is 0 Å². The molecule has 178 valence electrons. The second-order valence-electron chi connectivity index (χ2n) is 6.67. The van der Waals surface area contributed by atoms with Crippen LogP contribution in [0, 0.1) is 0 Å². The SMILES string of the molecule is CCn1/c(=N\N=c2\sc3cc(S(=O)(=O)O)ccc3n2CC)sc2cc(S(=O)(=O)O)ccc21.N. The van der Waals surface area contributed by atoms with Gasteiger partial charge >= 0.3 is 0 Å². The summed E-state index contributed by atoms with van der Waals surface area (Å²) in [7, 11) is -8.63. The number of aryl methyl sites for hydroxylation is 2. The zero-order chi connectivity index (χ0) is 23.3. The minimum absolute atomic E-state index is 0. The van der Waals surface area contributed by atoms with Crippen LogP contribution in [0.1, 0.15) is 13.8 Å². The zero-order valence-electron chi connectivity index (χ0n) is 17.5. The third kappa shape index (κ3) is 4.79. The molecule has 0 radical (unpaired) electrons. The Hall–Kier alpha value is -2.40. The number of thiazole rings is 2. The smallest absolute Gasteiger partial charge is 0.294 e. The Bertz CT molecular complexity index is 1580. The molecular formula is C18H21N5O6S4.